The minimum Gasteiger partial charge on any atom is -0.497 e. The van der Waals surface area contributed by atoms with Crippen LogP contribution in [0.3, 0.4) is 0 Å². The number of nitrogens with zero attached hydrogens (tertiary/aromatic N) is 2. The summed E-state index contributed by atoms with van der Waals surface area (Å²) in [7, 11) is 1.60. The van der Waals surface area contributed by atoms with Crippen LogP contribution in [0.4, 0.5) is 4.39 Å². The number of carboxylic acids is 1. The minimum atomic E-state index is -1.10. The van der Waals surface area contributed by atoms with E-state index in [4.69, 9.17) is 4.74 Å². The second-order valence-corrected chi connectivity index (χ2v) is 9.27. The maximum absolute atomic E-state index is 15.3. The van der Waals surface area contributed by atoms with E-state index in [1.54, 1.807) is 19.4 Å². The van der Waals surface area contributed by atoms with E-state index < -0.39 is 12.1 Å². The van der Waals surface area contributed by atoms with E-state index in [9.17, 15) is 9.90 Å². The fraction of sp³-hybridized carbons (Fsp3) is 0.600. The molecule has 2 fully saturated rings. The molecule has 2 aliphatic rings. The molecule has 31 heavy (non-hydrogen) atoms. The number of aliphatic carboxylic acids is 1. The number of alkyl halides is 1. The molecule has 3 atom stereocenters. The first-order valence-corrected chi connectivity index (χ1v) is 11.5. The molecule has 0 spiro atoms. The van der Waals surface area contributed by atoms with Gasteiger partial charge in [-0.25, -0.2) is 4.39 Å². The van der Waals surface area contributed by atoms with Crippen molar-refractivity contribution in [3.63, 3.8) is 0 Å². The van der Waals surface area contributed by atoms with E-state index in [1.165, 1.54) is 19.3 Å². The van der Waals surface area contributed by atoms with Crippen LogP contribution in [0.5, 0.6) is 5.75 Å². The van der Waals surface area contributed by atoms with Gasteiger partial charge in [-0.1, -0.05) is 12.8 Å². The quantitative estimate of drug-likeness (QED) is 0.560. The molecule has 5 nitrogen and oxygen atoms in total. The molecule has 0 radical (unpaired) electrons. The Morgan fingerprint density at radius 1 is 1.26 bits per heavy atom. The number of likely N-dealkylation sites (tertiary alicyclic amines) is 1. The third kappa shape index (κ3) is 5.73. The van der Waals surface area contributed by atoms with Gasteiger partial charge in [0.2, 0.25) is 0 Å². The second-order valence-electron chi connectivity index (χ2n) is 9.27. The lowest BCUT2D eigenvalue weighted by molar-refractivity contribution is -0.139. The number of hydrogen-bond acceptors (Lipinski definition) is 4. The number of methoxy groups -OCH3 is 1. The highest BCUT2D eigenvalue weighted by Gasteiger charge is 2.32. The smallest absolute Gasteiger partial charge is 0.303 e. The third-order valence-electron chi connectivity index (χ3n) is 7.07. The van der Waals surface area contributed by atoms with Gasteiger partial charge >= 0.3 is 5.97 Å². The summed E-state index contributed by atoms with van der Waals surface area (Å²) in [5.74, 6) is 1.19. The Bertz CT molecular complexity index is 901. The summed E-state index contributed by atoms with van der Waals surface area (Å²) >= 11 is 0. The van der Waals surface area contributed by atoms with Crippen LogP contribution in [0.1, 0.15) is 56.7 Å². The highest BCUT2D eigenvalue weighted by Crippen LogP contribution is 2.37. The molecule has 0 bridgehead atoms. The average Bonchev–Trinajstić information content (AvgIpc) is 3.60. The first kappa shape index (κ1) is 22.0. The van der Waals surface area contributed by atoms with Crippen LogP contribution in [0.15, 0.2) is 30.5 Å². The van der Waals surface area contributed by atoms with Crippen molar-refractivity contribution in [1.29, 1.82) is 0 Å². The number of carbonyl (C=O) groups is 1. The van der Waals surface area contributed by atoms with Gasteiger partial charge in [-0.05, 0) is 86.4 Å². The zero-order valence-electron chi connectivity index (χ0n) is 18.3. The van der Waals surface area contributed by atoms with Crippen molar-refractivity contribution in [2.75, 3.05) is 26.7 Å². The molecule has 168 valence electrons. The van der Waals surface area contributed by atoms with Crippen LogP contribution in [0.2, 0.25) is 0 Å². The Labute approximate surface area is 183 Å². The van der Waals surface area contributed by atoms with Crippen LogP contribution in [0, 0.1) is 17.8 Å². The third-order valence-corrected chi connectivity index (χ3v) is 7.07. The molecular formula is C25H33FN2O3. The summed E-state index contributed by atoms with van der Waals surface area (Å²) in [6, 6.07) is 7.28. The molecule has 2 heterocycles. The first-order chi connectivity index (χ1) is 15.0. The molecule has 0 amide bonds. The van der Waals surface area contributed by atoms with Crippen molar-refractivity contribution in [1.82, 2.24) is 9.88 Å². The standard InChI is InChI=1S/C25H33FN2O3/c1-31-20-5-7-24-22(15-20)21(8-11-27-24)23(26)6-4-18-10-13-28(12-9-17-2-3-17)16-19(18)14-25(29)30/h5,7-8,11,15,17-19,23H,2-4,6,9-10,12-14,16H2,1H3,(H,29,30)/t18-,19+,23+/m1/s1. The second kappa shape index (κ2) is 9.94. The zero-order valence-corrected chi connectivity index (χ0v) is 18.3. The molecule has 0 unspecified atom stereocenters. The van der Waals surface area contributed by atoms with Crippen LogP contribution < -0.4 is 4.74 Å². The normalized spacial score (nSPS) is 23.0. The van der Waals surface area contributed by atoms with Crippen LogP contribution in [-0.4, -0.2) is 47.7 Å². The first-order valence-electron chi connectivity index (χ1n) is 11.5. The predicted octanol–water partition coefficient (Wildman–Crippen LogP) is 5.25. The number of ether oxygens (including phenoxy) is 1. The average molecular weight is 429 g/mol. The predicted molar refractivity (Wildman–Crippen MR) is 119 cm³/mol. The van der Waals surface area contributed by atoms with E-state index in [2.05, 4.69) is 9.88 Å². The van der Waals surface area contributed by atoms with Gasteiger partial charge in [0, 0.05) is 24.5 Å². The van der Waals surface area contributed by atoms with Crippen molar-refractivity contribution in [3.05, 3.63) is 36.0 Å². The van der Waals surface area contributed by atoms with E-state index in [1.807, 2.05) is 18.2 Å². The molecule has 6 heteroatoms. The molecule has 2 aromatic rings. The lowest BCUT2D eigenvalue weighted by atomic mass is 9.79. The van der Waals surface area contributed by atoms with Crippen molar-refractivity contribution < 1.29 is 19.0 Å². The largest absolute Gasteiger partial charge is 0.497 e. The van der Waals surface area contributed by atoms with Gasteiger partial charge in [-0.2, -0.15) is 0 Å². The van der Waals surface area contributed by atoms with E-state index in [0.29, 0.717) is 24.2 Å². The Morgan fingerprint density at radius 3 is 2.84 bits per heavy atom. The number of benzene rings is 1. The van der Waals surface area contributed by atoms with Crippen molar-refractivity contribution >= 4 is 16.9 Å². The summed E-state index contributed by atoms with van der Waals surface area (Å²) < 4.78 is 20.6. The summed E-state index contributed by atoms with van der Waals surface area (Å²) in [6.07, 6.45) is 6.73. The topological polar surface area (TPSA) is 62.7 Å². The molecule has 1 aromatic heterocycles. The number of halogens is 1. The van der Waals surface area contributed by atoms with Gasteiger partial charge in [0.25, 0.3) is 0 Å². The number of aromatic nitrogens is 1. The highest BCUT2D eigenvalue weighted by molar-refractivity contribution is 5.83. The molecule has 1 aliphatic heterocycles. The molecule has 1 aliphatic carbocycles. The van der Waals surface area contributed by atoms with Crippen LogP contribution in [-0.2, 0) is 4.79 Å². The van der Waals surface area contributed by atoms with Crippen molar-refractivity contribution in [2.24, 2.45) is 17.8 Å². The Kier molecular flexibility index (Phi) is 7.06. The fourth-order valence-corrected chi connectivity index (χ4v) is 5.03. The van der Waals surface area contributed by atoms with Crippen LogP contribution in [0.25, 0.3) is 10.9 Å². The summed E-state index contributed by atoms with van der Waals surface area (Å²) in [6.45, 7) is 2.90. The Balaban J connectivity index is 1.39. The molecule has 1 N–H and O–H groups in total. The Morgan fingerprint density at radius 2 is 2.10 bits per heavy atom. The molecule has 1 saturated carbocycles. The summed E-state index contributed by atoms with van der Waals surface area (Å²) in [5.41, 5.74) is 1.40. The molecule has 1 aromatic carbocycles. The number of piperidine rings is 1. The van der Waals surface area contributed by atoms with E-state index in [0.717, 1.165) is 42.9 Å². The van der Waals surface area contributed by atoms with Gasteiger partial charge in [-0.15, -0.1) is 0 Å². The van der Waals surface area contributed by atoms with Gasteiger partial charge in [-0.3, -0.25) is 9.78 Å². The Hall–Kier alpha value is -2.21. The molecular weight excluding hydrogens is 395 g/mol. The number of rotatable bonds is 10. The number of fused-ring (bicyclic) bond motifs is 1. The van der Waals surface area contributed by atoms with Crippen molar-refractivity contribution in [3.8, 4) is 5.75 Å². The summed E-state index contributed by atoms with van der Waals surface area (Å²) in [4.78, 5) is 18.2. The van der Waals surface area contributed by atoms with Gasteiger partial charge in [0.15, 0.2) is 0 Å². The lowest BCUT2D eigenvalue weighted by Crippen LogP contribution is -2.42. The van der Waals surface area contributed by atoms with Crippen LogP contribution >= 0.6 is 0 Å². The fourth-order valence-electron chi connectivity index (χ4n) is 5.03. The van der Waals surface area contributed by atoms with Gasteiger partial charge in [0.05, 0.1) is 12.6 Å². The summed E-state index contributed by atoms with van der Waals surface area (Å²) in [5, 5.41) is 10.2. The molecule has 1 saturated heterocycles. The zero-order chi connectivity index (χ0) is 21.8. The number of pyridine rings is 1. The monoisotopic (exact) mass is 428 g/mol. The number of hydrogen-bond donors (Lipinski definition) is 1. The minimum absolute atomic E-state index is 0.104. The lowest BCUT2D eigenvalue weighted by Gasteiger charge is -2.38. The van der Waals surface area contributed by atoms with Crippen molar-refractivity contribution in [2.45, 2.75) is 51.1 Å². The van der Waals surface area contributed by atoms with Gasteiger partial charge in [0.1, 0.15) is 11.9 Å². The maximum atomic E-state index is 15.3. The van der Waals surface area contributed by atoms with E-state index >= 15 is 4.39 Å². The maximum Gasteiger partial charge on any atom is 0.303 e. The SMILES string of the molecule is COc1ccc2nccc([C@@H](F)CC[C@@H]3CCN(CCC4CC4)C[C@@H]3CC(=O)O)c2c1. The highest BCUT2D eigenvalue weighted by atomic mass is 19.1. The van der Waals surface area contributed by atoms with Gasteiger partial charge < -0.3 is 14.7 Å². The molecule has 4 rings (SSSR count). The van der Waals surface area contributed by atoms with E-state index in [-0.39, 0.29) is 18.3 Å². The number of carboxylic acid groups (broad SMARTS) is 1.